The Kier molecular flexibility index (Phi) is 6.72. The van der Waals surface area contributed by atoms with E-state index in [1.165, 1.54) is 0 Å². The molecule has 1 unspecified atom stereocenters. The molecular weight excluding hydrogens is 366 g/mol. The van der Waals surface area contributed by atoms with Gasteiger partial charge in [-0.1, -0.05) is 29.9 Å². The molecule has 1 N–H and O–H groups in total. The number of aromatic nitrogens is 2. The Hall–Kier alpha value is -2.19. The maximum Gasteiger partial charge on any atom is 0.329 e. The first-order valence-corrected chi connectivity index (χ1v) is 8.65. The molecular formula is C16H18ClN3O4S. The van der Waals surface area contributed by atoms with Gasteiger partial charge in [0.15, 0.2) is 0 Å². The molecule has 7 nitrogen and oxygen atoms in total. The van der Waals surface area contributed by atoms with Gasteiger partial charge in [0.2, 0.25) is 0 Å². The maximum absolute atomic E-state index is 12.3. The summed E-state index contributed by atoms with van der Waals surface area (Å²) in [5, 5.41) is 6.47. The van der Waals surface area contributed by atoms with Crippen LogP contribution in [0.3, 0.4) is 0 Å². The minimum atomic E-state index is -0.792. The van der Waals surface area contributed by atoms with Crippen molar-refractivity contribution in [1.29, 1.82) is 0 Å². The molecule has 134 valence electrons. The molecule has 1 aromatic heterocycles. The van der Waals surface area contributed by atoms with Crippen molar-refractivity contribution in [2.75, 3.05) is 7.11 Å². The lowest BCUT2D eigenvalue weighted by Crippen LogP contribution is -2.45. The number of ether oxygens (including phenoxy) is 2. The Balaban J connectivity index is 2.00. The number of carbonyl (C=O) groups is 2. The molecule has 1 aromatic carbocycles. The molecule has 0 radical (unpaired) electrons. The van der Waals surface area contributed by atoms with Crippen molar-refractivity contribution in [3.8, 4) is 5.75 Å². The number of methoxy groups -OCH3 is 1. The predicted molar refractivity (Wildman–Crippen MR) is 93.8 cm³/mol. The lowest BCUT2D eigenvalue weighted by Gasteiger charge is -2.20. The van der Waals surface area contributed by atoms with Gasteiger partial charge in [-0.15, -0.1) is 5.10 Å². The van der Waals surface area contributed by atoms with E-state index in [2.05, 4.69) is 14.9 Å². The first kappa shape index (κ1) is 19.1. The van der Waals surface area contributed by atoms with Crippen molar-refractivity contribution in [3.63, 3.8) is 0 Å². The summed E-state index contributed by atoms with van der Waals surface area (Å²) >= 11 is 6.89. The zero-order valence-electron chi connectivity index (χ0n) is 14.0. The molecule has 0 aliphatic heterocycles. The average Bonchev–Trinajstić information content (AvgIpc) is 3.02. The third kappa shape index (κ3) is 5.14. The lowest BCUT2D eigenvalue weighted by molar-refractivity contribution is -0.148. The summed E-state index contributed by atoms with van der Waals surface area (Å²) in [5.41, 5.74) is 0.815. The quantitative estimate of drug-likeness (QED) is 0.739. The molecule has 0 aliphatic rings. The zero-order valence-corrected chi connectivity index (χ0v) is 15.6. The molecule has 2 aromatic rings. The van der Waals surface area contributed by atoms with E-state index < -0.39 is 12.0 Å². The highest BCUT2D eigenvalue weighted by molar-refractivity contribution is 7.10. The smallest absolute Gasteiger partial charge is 0.329 e. The molecule has 9 heteroatoms. The summed E-state index contributed by atoms with van der Waals surface area (Å²) in [7, 11) is 1.55. The minimum Gasteiger partial charge on any atom is -0.497 e. The monoisotopic (exact) mass is 383 g/mol. The number of hydrogen-bond acceptors (Lipinski definition) is 7. The van der Waals surface area contributed by atoms with Crippen molar-refractivity contribution in [2.45, 2.75) is 26.5 Å². The predicted octanol–water partition coefficient (Wildman–Crippen LogP) is 2.70. The third-order valence-corrected chi connectivity index (χ3v) is 4.40. The number of nitrogens with one attached hydrogen (secondary N) is 1. The van der Waals surface area contributed by atoms with Gasteiger partial charge in [0.05, 0.1) is 7.11 Å². The molecule has 1 amide bonds. The first-order valence-electron chi connectivity index (χ1n) is 7.50. The summed E-state index contributed by atoms with van der Waals surface area (Å²) in [6.07, 6.45) is 0. The molecule has 0 bridgehead atoms. The fraction of sp³-hybridized carbons (Fsp3) is 0.375. The van der Waals surface area contributed by atoms with E-state index in [4.69, 9.17) is 21.1 Å². The molecule has 0 saturated heterocycles. The van der Waals surface area contributed by atoms with E-state index in [1.807, 2.05) is 13.8 Å². The third-order valence-electron chi connectivity index (χ3n) is 3.42. The molecule has 1 heterocycles. The number of amides is 1. The molecule has 0 spiro atoms. The summed E-state index contributed by atoms with van der Waals surface area (Å²) in [4.78, 5) is 24.7. The second kappa shape index (κ2) is 8.77. The van der Waals surface area contributed by atoms with Gasteiger partial charge >= 0.3 is 5.97 Å². The molecule has 25 heavy (non-hydrogen) atoms. The van der Waals surface area contributed by atoms with Crippen LogP contribution in [0.2, 0.25) is 4.34 Å². The Bertz CT molecular complexity index is 733. The van der Waals surface area contributed by atoms with Gasteiger partial charge in [-0.25, -0.2) is 4.79 Å². The number of carbonyl (C=O) groups excluding carboxylic acids is 2. The largest absolute Gasteiger partial charge is 0.497 e. The van der Waals surface area contributed by atoms with Gasteiger partial charge in [-0.2, -0.15) is 0 Å². The van der Waals surface area contributed by atoms with Crippen molar-refractivity contribution >= 4 is 35.0 Å². The van der Waals surface area contributed by atoms with E-state index in [0.29, 0.717) is 21.3 Å². The molecule has 2 rings (SSSR count). The summed E-state index contributed by atoms with van der Waals surface area (Å²) in [6, 6.07) is 5.80. The number of benzene rings is 1. The van der Waals surface area contributed by atoms with E-state index >= 15 is 0 Å². The van der Waals surface area contributed by atoms with Crippen LogP contribution in [0.15, 0.2) is 24.3 Å². The highest BCUT2D eigenvalue weighted by atomic mass is 35.5. The Morgan fingerprint density at radius 3 is 2.48 bits per heavy atom. The fourth-order valence-corrected chi connectivity index (χ4v) is 2.58. The van der Waals surface area contributed by atoms with Gasteiger partial charge in [0, 0.05) is 17.1 Å². The lowest BCUT2D eigenvalue weighted by atomic mass is 10.0. The van der Waals surface area contributed by atoms with Gasteiger partial charge in [-0.05, 0) is 30.2 Å². The van der Waals surface area contributed by atoms with Crippen molar-refractivity contribution in [3.05, 3.63) is 39.9 Å². The highest BCUT2D eigenvalue weighted by Crippen LogP contribution is 2.18. The summed E-state index contributed by atoms with van der Waals surface area (Å²) in [5.74, 6) is -0.434. The van der Waals surface area contributed by atoms with Crippen LogP contribution < -0.4 is 10.1 Å². The van der Waals surface area contributed by atoms with E-state index in [0.717, 1.165) is 11.5 Å². The summed E-state index contributed by atoms with van der Waals surface area (Å²) < 4.78 is 14.3. The second-order valence-corrected chi connectivity index (χ2v) is 6.88. The van der Waals surface area contributed by atoms with Crippen LogP contribution >= 0.6 is 23.1 Å². The fourth-order valence-electron chi connectivity index (χ4n) is 1.98. The van der Waals surface area contributed by atoms with Gasteiger partial charge in [0.25, 0.3) is 5.91 Å². The van der Waals surface area contributed by atoms with Crippen LogP contribution in [0.1, 0.15) is 29.9 Å². The van der Waals surface area contributed by atoms with E-state index in [-0.39, 0.29) is 18.4 Å². The normalized spacial score (nSPS) is 11.9. The highest BCUT2D eigenvalue weighted by Gasteiger charge is 2.26. The first-order chi connectivity index (χ1) is 11.9. The van der Waals surface area contributed by atoms with Gasteiger partial charge in [0.1, 0.15) is 28.4 Å². The van der Waals surface area contributed by atoms with Crippen LogP contribution in [-0.2, 0) is 16.1 Å². The van der Waals surface area contributed by atoms with Crippen LogP contribution in [0.5, 0.6) is 5.75 Å². The van der Waals surface area contributed by atoms with Crippen molar-refractivity contribution < 1.29 is 19.1 Å². The number of hydrogen-bond donors (Lipinski definition) is 1. The SMILES string of the molecule is COc1ccc(C(=O)NC(C(=O)OCc2nnsc2Cl)C(C)C)cc1. The average molecular weight is 384 g/mol. The topological polar surface area (TPSA) is 90.4 Å². The Labute approximate surface area is 154 Å². The molecule has 0 saturated carbocycles. The van der Waals surface area contributed by atoms with Crippen molar-refractivity contribution in [1.82, 2.24) is 14.9 Å². The molecule has 0 fully saturated rings. The summed E-state index contributed by atoms with van der Waals surface area (Å²) in [6.45, 7) is 3.55. The Morgan fingerprint density at radius 1 is 1.28 bits per heavy atom. The van der Waals surface area contributed by atoms with Gasteiger partial charge < -0.3 is 14.8 Å². The molecule has 0 aliphatic carbocycles. The number of halogens is 1. The number of esters is 1. The standard InChI is InChI=1S/C16H18ClN3O4S/c1-9(2)13(16(22)24-8-12-14(17)25-20-19-12)18-15(21)10-4-6-11(23-3)7-5-10/h4-7,9,13H,8H2,1-3H3,(H,18,21). The maximum atomic E-state index is 12.3. The van der Waals surface area contributed by atoms with Crippen LogP contribution in [0.4, 0.5) is 0 Å². The van der Waals surface area contributed by atoms with Crippen molar-refractivity contribution in [2.24, 2.45) is 5.92 Å². The van der Waals surface area contributed by atoms with Crippen LogP contribution in [-0.4, -0.2) is 34.6 Å². The van der Waals surface area contributed by atoms with Gasteiger partial charge in [-0.3, -0.25) is 4.79 Å². The zero-order chi connectivity index (χ0) is 18.4. The van der Waals surface area contributed by atoms with Crippen LogP contribution in [0, 0.1) is 5.92 Å². The molecule has 1 atom stereocenters. The minimum absolute atomic E-state index is 0.0875. The number of rotatable bonds is 7. The van der Waals surface area contributed by atoms with E-state index in [9.17, 15) is 9.59 Å². The second-order valence-electron chi connectivity index (χ2n) is 5.52. The van der Waals surface area contributed by atoms with E-state index in [1.54, 1.807) is 31.4 Å². The number of nitrogens with zero attached hydrogens (tertiary/aromatic N) is 2. The van der Waals surface area contributed by atoms with Crippen LogP contribution in [0.25, 0.3) is 0 Å². The Morgan fingerprint density at radius 2 is 1.96 bits per heavy atom.